The first-order chi connectivity index (χ1) is 7.48. The van der Waals surface area contributed by atoms with Crippen molar-refractivity contribution in [3.63, 3.8) is 0 Å². The number of methoxy groups -OCH3 is 1. The Bertz CT molecular complexity index is 420. The van der Waals surface area contributed by atoms with Gasteiger partial charge in [-0.2, -0.15) is 0 Å². The van der Waals surface area contributed by atoms with Crippen molar-refractivity contribution in [1.82, 2.24) is 9.97 Å². The Morgan fingerprint density at radius 2 is 2.06 bits per heavy atom. The summed E-state index contributed by atoms with van der Waals surface area (Å²) in [5.74, 6) is 0.616. The second kappa shape index (κ2) is 4.78. The predicted octanol–water partition coefficient (Wildman–Crippen LogP) is 1.91. The van der Waals surface area contributed by atoms with Gasteiger partial charge in [-0.3, -0.25) is 4.79 Å². The topological polar surface area (TPSA) is 55.0 Å². The molecular formula is C12H20N2O2. The van der Waals surface area contributed by atoms with E-state index in [-0.39, 0.29) is 5.56 Å². The third-order valence-electron chi connectivity index (χ3n) is 3.21. The van der Waals surface area contributed by atoms with Crippen molar-refractivity contribution in [3.05, 3.63) is 27.4 Å². The monoisotopic (exact) mass is 224 g/mol. The molecule has 0 aromatic carbocycles. The lowest BCUT2D eigenvalue weighted by molar-refractivity contribution is -0.00937. The molecule has 1 heterocycles. The van der Waals surface area contributed by atoms with E-state index in [0.717, 1.165) is 18.5 Å². The first-order valence-electron chi connectivity index (χ1n) is 5.64. The van der Waals surface area contributed by atoms with Crippen LogP contribution in [0.5, 0.6) is 0 Å². The number of ether oxygens (including phenoxy) is 1. The lowest BCUT2D eigenvalue weighted by Gasteiger charge is -2.25. The summed E-state index contributed by atoms with van der Waals surface area (Å²) in [7, 11) is 1.63. The zero-order valence-corrected chi connectivity index (χ0v) is 10.7. The summed E-state index contributed by atoms with van der Waals surface area (Å²) in [6, 6.07) is 0. The van der Waals surface area contributed by atoms with Crippen molar-refractivity contribution < 1.29 is 4.74 Å². The van der Waals surface area contributed by atoms with Crippen LogP contribution < -0.4 is 5.56 Å². The van der Waals surface area contributed by atoms with Gasteiger partial charge in [0, 0.05) is 12.7 Å². The molecule has 0 bridgehead atoms. The fourth-order valence-corrected chi connectivity index (χ4v) is 1.58. The van der Waals surface area contributed by atoms with Gasteiger partial charge >= 0.3 is 0 Å². The molecule has 4 heteroatoms. The van der Waals surface area contributed by atoms with Gasteiger partial charge < -0.3 is 9.72 Å². The minimum Gasteiger partial charge on any atom is -0.371 e. The third-order valence-corrected chi connectivity index (χ3v) is 3.21. The second-order valence-corrected chi connectivity index (χ2v) is 4.13. The van der Waals surface area contributed by atoms with E-state index in [2.05, 4.69) is 9.97 Å². The van der Waals surface area contributed by atoms with Crippen LogP contribution in [0, 0.1) is 6.92 Å². The highest BCUT2D eigenvalue weighted by atomic mass is 16.5. The SMILES string of the molecule is CCc1nc(C(C)(CC)OC)[nH]c(=O)c1C. The van der Waals surface area contributed by atoms with E-state index in [0.29, 0.717) is 11.4 Å². The summed E-state index contributed by atoms with van der Waals surface area (Å²) >= 11 is 0. The maximum atomic E-state index is 11.7. The molecule has 1 rings (SSSR count). The van der Waals surface area contributed by atoms with Gasteiger partial charge in [0.25, 0.3) is 5.56 Å². The molecule has 0 radical (unpaired) electrons. The Kier molecular flexibility index (Phi) is 3.86. The molecule has 0 amide bonds. The molecule has 4 nitrogen and oxygen atoms in total. The molecule has 1 aromatic heterocycles. The number of aromatic amines is 1. The van der Waals surface area contributed by atoms with Crippen molar-refractivity contribution in [3.8, 4) is 0 Å². The van der Waals surface area contributed by atoms with Crippen molar-refractivity contribution in [2.75, 3.05) is 7.11 Å². The number of nitrogens with one attached hydrogen (secondary N) is 1. The molecule has 1 aromatic rings. The molecule has 0 saturated carbocycles. The van der Waals surface area contributed by atoms with Gasteiger partial charge in [0.15, 0.2) is 0 Å². The first kappa shape index (κ1) is 12.9. The van der Waals surface area contributed by atoms with Gasteiger partial charge in [-0.1, -0.05) is 13.8 Å². The van der Waals surface area contributed by atoms with E-state index in [4.69, 9.17) is 4.74 Å². The van der Waals surface area contributed by atoms with Crippen LogP contribution in [0.3, 0.4) is 0 Å². The van der Waals surface area contributed by atoms with Crippen LogP contribution in [0.1, 0.15) is 44.3 Å². The van der Waals surface area contributed by atoms with E-state index in [1.54, 1.807) is 14.0 Å². The van der Waals surface area contributed by atoms with Crippen LogP contribution in [0.15, 0.2) is 4.79 Å². The zero-order valence-electron chi connectivity index (χ0n) is 10.7. The highest BCUT2D eigenvalue weighted by molar-refractivity contribution is 5.18. The summed E-state index contributed by atoms with van der Waals surface area (Å²) in [5.41, 5.74) is 0.950. The van der Waals surface area contributed by atoms with E-state index in [1.165, 1.54) is 0 Å². The van der Waals surface area contributed by atoms with Gasteiger partial charge in [-0.15, -0.1) is 0 Å². The van der Waals surface area contributed by atoms with Gasteiger partial charge in [0.05, 0.1) is 5.69 Å². The highest BCUT2D eigenvalue weighted by Gasteiger charge is 2.27. The van der Waals surface area contributed by atoms with Gasteiger partial charge in [-0.25, -0.2) is 4.98 Å². The van der Waals surface area contributed by atoms with E-state index >= 15 is 0 Å². The molecule has 0 aliphatic rings. The van der Waals surface area contributed by atoms with Crippen molar-refractivity contribution in [2.24, 2.45) is 0 Å². The number of aryl methyl sites for hydroxylation is 1. The lowest BCUT2D eigenvalue weighted by Crippen LogP contribution is -2.31. The Morgan fingerprint density at radius 1 is 1.44 bits per heavy atom. The standard InChI is InChI=1S/C12H20N2O2/c1-6-9-8(3)10(15)14-11(13-9)12(4,7-2)16-5/h6-7H2,1-5H3,(H,13,14,15). The number of nitrogens with zero attached hydrogens (tertiary/aromatic N) is 1. The zero-order chi connectivity index (χ0) is 12.3. The Labute approximate surface area is 96.1 Å². The summed E-state index contributed by atoms with van der Waals surface area (Å²) in [5, 5.41) is 0. The van der Waals surface area contributed by atoms with Crippen LogP contribution in [0.2, 0.25) is 0 Å². The average molecular weight is 224 g/mol. The minimum atomic E-state index is -0.517. The van der Waals surface area contributed by atoms with Crippen LogP contribution in [0.4, 0.5) is 0 Å². The van der Waals surface area contributed by atoms with Crippen molar-refractivity contribution in [2.45, 2.75) is 46.1 Å². The lowest BCUT2D eigenvalue weighted by atomic mass is 10.0. The smallest absolute Gasteiger partial charge is 0.254 e. The molecule has 0 saturated heterocycles. The van der Waals surface area contributed by atoms with Crippen molar-refractivity contribution >= 4 is 0 Å². The minimum absolute atomic E-state index is 0.0708. The van der Waals surface area contributed by atoms with Crippen LogP contribution in [-0.2, 0) is 16.8 Å². The third kappa shape index (κ3) is 2.16. The molecular weight excluding hydrogens is 204 g/mol. The molecule has 90 valence electrons. The predicted molar refractivity (Wildman–Crippen MR) is 63.6 cm³/mol. The maximum Gasteiger partial charge on any atom is 0.254 e. The summed E-state index contributed by atoms with van der Waals surface area (Å²) in [4.78, 5) is 19.0. The van der Waals surface area contributed by atoms with Crippen LogP contribution in [0.25, 0.3) is 0 Å². The Morgan fingerprint density at radius 3 is 2.50 bits per heavy atom. The molecule has 0 spiro atoms. The van der Waals surface area contributed by atoms with Crippen LogP contribution >= 0.6 is 0 Å². The maximum absolute atomic E-state index is 11.7. The number of hydrogen-bond donors (Lipinski definition) is 1. The van der Waals surface area contributed by atoms with Crippen molar-refractivity contribution in [1.29, 1.82) is 0 Å². The van der Waals surface area contributed by atoms with Gasteiger partial charge in [0.1, 0.15) is 11.4 Å². The molecule has 1 atom stereocenters. The number of aromatic nitrogens is 2. The number of H-pyrrole nitrogens is 1. The summed E-state index contributed by atoms with van der Waals surface area (Å²) < 4.78 is 5.43. The molecule has 0 fully saturated rings. The summed E-state index contributed by atoms with van der Waals surface area (Å²) in [6.45, 7) is 7.73. The normalized spacial score (nSPS) is 14.8. The largest absolute Gasteiger partial charge is 0.371 e. The van der Waals surface area contributed by atoms with Gasteiger partial charge in [0.2, 0.25) is 0 Å². The van der Waals surface area contributed by atoms with E-state index in [9.17, 15) is 4.79 Å². The molecule has 0 aliphatic heterocycles. The fraction of sp³-hybridized carbons (Fsp3) is 0.667. The quantitative estimate of drug-likeness (QED) is 0.850. The number of hydrogen-bond acceptors (Lipinski definition) is 3. The Balaban J connectivity index is 3.36. The molecule has 16 heavy (non-hydrogen) atoms. The van der Waals surface area contributed by atoms with Crippen LogP contribution in [-0.4, -0.2) is 17.1 Å². The highest BCUT2D eigenvalue weighted by Crippen LogP contribution is 2.24. The van der Waals surface area contributed by atoms with Gasteiger partial charge in [-0.05, 0) is 26.7 Å². The molecule has 0 aliphatic carbocycles. The molecule has 1 N–H and O–H groups in total. The Hall–Kier alpha value is -1.16. The number of rotatable bonds is 4. The van der Waals surface area contributed by atoms with E-state index in [1.807, 2.05) is 20.8 Å². The first-order valence-corrected chi connectivity index (χ1v) is 5.64. The van der Waals surface area contributed by atoms with E-state index < -0.39 is 5.60 Å². The fourth-order valence-electron chi connectivity index (χ4n) is 1.58. The summed E-state index contributed by atoms with van der Waals surface area (Å²) in [6.07, 6.45) is 1.52. The average Bonchev–Trinajstić information content (AvgIpc) is 2.31. The second-order valence-electron chi connectivity index (χ2n) is 4.13. The molecule has 1 unspecified atom stereocenters.